The summed E-state index contributed by atoms with van der Waals surface area (Å²) < 4.78 is 55.5. The Morgan fingerprint density at radius 3 is 2.52 bits per heavy atom. The second-order valence-corrected chi connectivity index (χ2v) is 8.45. The maximum atomic E-state index is 12.4. The number of sulfonamides is 1. The van der Waals surface area contributed by atoms with E-state index in [0.29, 0.717) is 13.0 Å². The molecule has 0 bridgehead atoms. The maximum Gasteiger partial charge on any atom is 0.243 e. The zero-order chi connectivity index (χ0) is 15.7. The minimum absolute atomic E-state index is 0.0930. The van der Waals surface area contributed by atoms with Crippen LogP contribution in [-0.2, 0) is 24.6 Å². The van der Waals surface area contributed by atoms with Crippen molar-refractivity contribution in [2.75, 3.05) is 24.9 Å². The fraction of sp³-hybridized carbons (Fsp3) is 0.455. The van der Waals surface area contributed by atoms with Gasteiger partial charge >= 0.3 is 0 Å². The van der Waals surface area contributed by atoms with E-state index in [1.165, 1.54) is 12.1 Å². The molecule has 118 valence electrons. The summed E-state index contributed by atoms with van der Waals surface area (Å²) in [6, 6.07) is 3.36. The van der Waals surface area contributed by atoms with Crippen LogP contribution in [0.25, 0.3) is 0 Å². The Kier molecular flexibility index (Phi) is 4.54. The van der Waals surface area contributed by atoms with Crippen LogP contribution >= 0.6 is 0 Å². The van der Waals surface area contributed by atoms with Crippen molar-refractivity contribution < 1.29 is 21.6 Å². The van der Waals surface area contributed by atoms with Crippen LogP contribution in [0, 0.1) is 0 Å². The third-order valence-electron chi connectivity index (χ3n) is 3.08. The first-order valence-corrected chi connectivity index (χ1v) is 9.52. The molecule has 0 aromatic heterocycles. The van der Waals surface area contributed by atoms with Crippen molar-refractivity contribution in [2.45, 2.75) is 22.3 Å². The number of nitrogens with two attached hydrogens (primary N) is 1. The van der Waals surface area contributed by atoms with Gasteiger partial charge < -0.3 is 10.2 Å². The van der Waals surface area contributed by atoms with E-state index in [1.54, 1.807) is 0 Å². The number of hydrazine groups is 1. The SMILES string of the molecule is CS(=O)(=O)c1ccc(NN)c(S(=O)(=O)NC2CCOC2)c1. The number of sulfone groups is 1. The molecule has 1 aliphatic rings. The molecule has 0 spiro atoms. The maximum absolute atomic E-state index is 12.4. The van der Waals surface area contributed by atoms with Gasteiger partial charge in [0.05, 0.1) is 17.2 Å². The molecule has 0 aliphatic carbocycles. The van der Waals surface area contributed by atoms with Crippen LogP contribution in [0.5, 0.6) is 0 Å². The predicted octanol–water partition coefficient (Wildman–Crippen LogP) is -0.557. The number of nitrogens with one attached hydrogen (secondary N) is 2. The molecule has 1 aromatic carbocycles. The van der Waals surface area contributed by atoms with Crippen LogP contribution < -0.4 is 16.0 Å². The lowest BCUT2D eigenvalue weighted by Gasteiger charge is -2.15. The highest BCUT2D eigenvalue weighted by molar-refractivity contribution is 7.91. The Labute approximate surface area is 123 Å². The molecule has 10 heteroatoms. The number of hydrogen-bond donors (Lipinski definition) is 3. The molecular formula is C11H17N3O5S2. The molecule has 2 rings (SSSR count). The van der Waals surface area contributed by atoms with Crippen LogP contribution in [0.4, 0.5) is 5.69 Å². The van der Waals surface area contributed by atoms with E-state index in [-0.39, 0.29) is 28.1 Å². The molecule has 1 saturated heterocycles. The van der Waals surface area contributed by atoms with Gasteiger partial charge in [0.1, 0.15) is 4.90 Å². The summed E-state index contributed by atoms with van der Waals surface area (Å²) in [7, 11) is -7.43. The summed E-state index contributed by atoms with van der Waals surface area (Å²) in [6.45, 7) is 0.773. The lowest BCUT2D eigenvalue weighted by atomic mass is 10.3. The minimum atomic E-state index is -3.91. The number of hydrogen-bond acceptors (Lipinski definition) is 7. The lowest BCUT2D eigenvalue weighted by Crippen LogP contribution is -2.35. The van der Waals surface area contributed by atoms with E-state index in [4.69, 9.17) is 10.6 Å². The second kappa shape index (κ2) is 5.89. The Morgan fingerprint density at radius 2 is 2.00 bits per heavy atom. The molecular weight excluding hydrogens is 318 g/mol. The van der Waals surface area contributed by atoms with Crippen molar-refractivity contribution in [3.63, 3.8) is 0 Å². The molecule has 1 aliphatic heterocycles. The Balaban J connectivity index is 2.44. The summed E-state index contributed by atoms with van der Waals surface area (Å²) >= 11 is 0. The highest BCUT2D eigenvalue weighted by Crippen LogP contribution is 2.25. The van der Waals surface area contributed by atoms with Crippen molar-refractivity contribution in [1.82, 2.24) is 4.72 Å². The minimum Gasteiger partial charge on any atom is -0.380 e. The quantitative estimate of drug-likeness (QED) is 0.486. The number of ether oxygens (including phenoxy) is 1. The van der Waals surface area contributed by atoms with Crippen molar-refractivity contribution in [2.24, 2.45) is 5.84 Å². The molecule has 1 heterocycles. The zero-order valence-corrected chi connectivity index (χ0v) is 13.0. The molecule has 1 unspecified atom stereocenters. The van der Waals surface area contributed by atoms with Crippen molar-refractivity contribution in [3.05, 3.63) is 18.2 Å². The van der Waals surface area contributed by atoms with Crippen molar-refractivity contribution in [1.29, 1.82) is 0 Å². The number of benzene rings is 1. The van der Waals surface area contributed by atoms with E-state index in [2.05, 4.69) is 10.1 Å². The fourth-order valence-corrected chi connectivity index (χ4v) is 4.16. The normalized spacial score (nSPS) is 19.6. The number of rotatable bonds is 5. The fourth-order valence-electron chi connectivity index (χ4n) is 1.99. The molecule has 0 saturated carbocycles. The first-order chi connectivity index (χ1) is 9.74. The largest absolute Gasteiger partial charge is 0.380 e. The van der Waals surface area contributed by atoms with Gasteiger partial charge in [-0.1, -0.05) is 0 Å². The number of anilines is 1. The molecule has 1 atom stereocenters. The Hall–Kier alpha value is -1.20. The van der Waals surface area contributed by atoms with Crippen LogP contribution in [-0.4, -0.2) is 42.3 Å². The first-order valence-electron chi connectivity index (χ1n) is 6.15. The van der Waals surface area contributed by atoms with Gasteiger partial charge in [0.2, 0.25) is 10.0 Å². The topological polar surface area (TPSA) is 128 Å². The van der Waals surface area contributed by atoms with Gasteiger partial charge in [0.25, 0.3) is 0 Å². The third kappa shape index (κ3) is 3.71. The Bertz CT molecular complexity index is 724. The monoisotopic (exact) mass is 335 g/mol. The molecule has 0 amide bonds. The summed E-state index contributed by atoms with van der Waals surface area (Å²) in [5.74, 6) is 5.30. The van der Waals surface area contributed by atoms with Crippen molar-refractivity contribution in [3.8, 4) is 0 Å². The van der Waals surface area contributed by atoms with Crippen LogP contribution in [0.15, 0.2) is 28.0 Å². The second-order valence-electron chi connectivity index (χ2n) is 4.76. The highest BCUT2D eigenvalue weighted by Gasteiger charge is 2.26. The Morgan fingerprint density at radius 1 is 1.29 bits per heavy atom. The zero-order valence-electron chi connectivity index (χ0n) is 11.4. The van der Waals surface area contributed by atoms with Crippen LogP contribution in [0.2, 0.25) is 0 Å². The average molecular weight is 335 g/mol. The van der Waals surface area contributed by atoms with E-state index >= 15 is 0 Å². The first kappa shape index (κ1) is 16.2. The molecule has 1 fully saturated rings. The van der Waals surface area contributed by atoms with Gasteiger partial charge in [-0.15, -0.1) is 0 Å². The molecule has 21 heavy (non-hydrogen) atoms. The van der Waals surface area contributed by atoms with Gasteiger partial charge in [0, 0.05) is 18.9 Å². The van der Waals surface area contributed by atoms with Crippen molar-refractivity contribution >= 4 is 25.5 Å². The van der Waals surface area contributed by atoms with E-state index in [0.717, 1.165) is 12.3 Å². The van der Waals surface area contributed by atoms with E-state index in [9.17, 15) is 16.8 Å². The van der Waals surface area contributed by atoms with Gasteiger partial charge in [0.15, 0.2) is 9.84 Å². The molecule has 0 radical (unpaired) electrons. The van der Waals surface area contributed by atoms with Gasteiger partial charge in [-0.3, -0.25) is 5.84 Å². The van der Waals surface area contributed by atoms with Crippen LogP contribution in [0.3, 0.4) is 0 Å². The van der Waals surface area contributed by atoms with Gasteiger partial charge in [-0.25, -0.2) is 21.6 Å². The standard InChI is InChI=1S/C11H17N3O5S2/c1-20(15,16)9-2-3-10(13-12)11(6-9)21(17,18)14-8-4-5-19-7-8/h2-3,6,8,13-14H,4-5,7,12H2,1H3. The summed E-state index contributed by atoms with van der Waals surface area (Å²) in [4.78, 5) is -0.302. The molecule has 1 aromatic rings. The number of nitrogen functional groups attached to an aromatic ring is 1. The molecule has 8 nitrogen and oxygen atoms in total. The smallest absolute Gasteiger partial charge is 0.243 e. The summed E-state index contributed by atoms with van der Waals surface area (Å²) in [6.07, 6.45) is 1.57. The van der Waals surface area contributed by atoms with Crippen LogP contribution in [0.1, 0.15) is 6.42 Å². The summed E-state index contributed by atoms with van der Waals surface area (Å²) in [5.41, 5.74) is 2.38. The highest BCUT2D eigenvalue weighted by atomic mass is 32.2. The third-order valence-corrected chi connectivity index (χ3v) is 5.75. The van der Waals surface area contributed by atoms with Gasteiger partial charge in [-0.05, 0) is 24.6 Å². The summed E-state index contributed by atoms with van der Waals surface area (Å²) in [5, 5.41) is 0. The average Bonchev–Trinajstić information content (AvgIpc) is 2.89. The lowest BCUT2D eigenvalue weighted by molar-refractivity contribution is 0.192. The predicted molar refractivity (Wildman–Crippen MR) is 76.9 cm³/mol. The van der Waals surface area contributed by atoms with Gasteiger partial charge in [-0.2, -0.15) is 0 Å². The van der Waals surface area contributed by atoms with E-state index in [1.807, 2.05) is 0 Å². The van der Waals surface area contributed by atoms with E-state index < -0.39 is 19.9 Å². The molecule has 4 N–H and O–H groups in total.